The molecule has 0 aliphatic rings. The molecule has 0 N–H and O–H groups in total. The minimum atomic E-state index is 0.601. The molecule has 0 fully saturated rings. The number of fused-ring (bicyclic) bond motifs is 10. The summed E-state index contributed by atoms with van der Waals surface area (Å²) in [5, 5.41) is 7.63. The third-order valence-corrected chi connectivity index (χ3v) is 11.2. The van der Waals surface area contributed by atoms with Crippen molar-refractivity contribution in [2.45, 2.75) is 0 Å². The topological polar surface area (TPSA) is 43.1 Å². The van der Waals surface area contributed by atoms with E-state index in [0.29, 0.717) is 17.2 Å². The van der Waals surface area contributed by atoms with Crippen LogP contribution in [0.5, 0.6) is 0 Å². The summed E-state index contributed by atoms with van der Waals surface area (Å²) in [5.41, 5.74) is 9.50. The van der Waals surface area contributed by atoms with Gasteiger partial charge < -0.3 is 4.57 Å². The number of rotatable bonds is 6. The minimum absolute atomic E-state index is 0.601. The molecule has 3 aromatic heterocycles. The predicted molar refractivity (Wildman–Crippen MR) is 222 cm³/mol. The van der Waals surface area contributed by atoms with Crippen molar-refractivity contribution < 1.29 is 0 Å². The van der Waals surface area contributed by atoms with Gasteiger partial charge in [-0.15, -0.1) is 11.3 Å². The number of hydrogen-bond donors (Lipinski definition) is 0. The van der Waals surface area contributed by atoms with E-state index < -0.39 is 0 Å². The SMILES string of the molecule is C=Cc1nc(-c2cccc(-n3c4ccccc4c4c5sc6ccccc6c5c5ccccc5c43)c2)nc(-c2ccc(-c3ccccc3)cc2)c1N=C. The van der Waals surface area contributed by atoms with Gasteiger partial charge in [0.15, 0.2) is 5.82 Å². The number of hydrogen-bond acceptors (Lipinski definition) is 4. The minimum Gasteiger partial charge on any atom is -0.309 e. The Morgan fingerprint density at radius 1 is 0.577 bits per heavy atom. The highest BCUT2D eigenvalue weighted by molar-refractivity contribution is 7.27. The van der Waals surface area contributed by atoms with Gasteiger partial charge in [0.2, 0.25) is 0 Å². The molecule has 0 atom stereocenters. The molecule has 0 amide bonds. The van der Waals surface area contributed by atoms with Crippen molar-refractivity contribution in [3.8, 4) is 39.5 Å². The number of thiophene rings is 1. The second kappa shape index (κ2) is 12.0. The largest absolute Gasteiger partial charge is 0.309 e. The molecular weight excluding hydrogens is 653 g/mol. The molecule has 7 aromatic carbocycles. The summed E-state index contributed by atoms with van der Waals surface area (Å²) in [6.45, 7) is 7.96. The van der Waals surface area contributed by atoms with E-state index in [1.807, 2.05) is 17.4 Å². The fraction of sp³-hybridized carbons (Fsp3) is 0. The highest BCUT2D eigenvalue weighted by atomic mass is 32.1. The summed E-state index contributed by atoms with van der Waals surface area (Å²) >= 11 is 1.88. The molecule has 52 heavy (non-hydrogen) atoms. The first-order valence-electron chi connectivity index (χ1n) is 17.2. The Hall–Kier alpha value is -6.69. The third kappa shape index (κ3) is 4.57. The summed E-state index contributed by atoms with van der Waals surface area (Å²) in [4.78, 5) is 14.5. The summed E-state index contributed by atoms with van der Waals surface area (Å²) in [6, 6.07) is 53.7. The third-order valence-electron chi connectivity index (χ3n) is 10.0. The van der Waals surface area contributed by atoms with E-state index in [9.17, 15) is 0 Å². The van der Waals surface area contributed by atoms with Gasteiger partial charge in [0.1, 0.15) is 11.4 Å². The molecule has 0 aliphatic heterocycles. The fourth-order valence-electron chi connectivity index (χ4n) is 7.73. The van der Waals surface area contributed by atoms with Gasteiger partial charge in [-0.3, -0.25) is 4.99 Å². The molecule has 0 saturated heterocycles. The number of para-hydroxylation sites is 1. The second-order valence-electron chi connectivity index (χ2n) is 12.9. The Morgan fingerprint density at radius 2 is 1.23 bits per heavy atom. The normalized spacial score (nSPS) is 11.6. The van der Waals surface area contributed by atoms with E-state index in [4.69, 9.17) is 9.97 Å². The van der Waals surface area contributed by atoms with Crippen molar-refractivity contribution in [2.75, 3.05) is 0 Å². The molecule has 5 heteroatoms. The lowest BCUT2D eigenvalue weighted by atomic mass is 9.99. The highest BCUT2D eigenvalue weighted by Gasteiger charge is 2.22. The zero-order valence-electron chi connectivity index (χ0n) is 28.1. The summed E-state index contributed by atoms with van der Waals surface area (Å²) in [5.74, 6) is 0.601. The first kappa shape index (κ1) is 30.2. The average molecular weight is 683 g/mol. The van der Waals surface area contributed by atoms with Crippen LogP contribution in [0.25, 0.3) is 98.3 Å². The zero-order chi connectivity index (χ0) is 34.8. The molecule has 0 aliphatic carbocycles. The molecule has 0 radical (unpaired) electrons. The van der Waals surface area contributed by atoms with Gasteiger partial charge in [-0.1, -0.05) is 134 Å². The van der Waals surface area contributed by atoms with Crippen LogP contribution in [0, 0.1) is 0 Å². The summed E-state index contributed by atoms with van der Waals surface area (Å²) < 4.78 is 5.03. The van der Waals surface area contributed by atoms with Crippen LogP contribution in [0.1, 0.15) is 5.69 Å². The van der Waals surface area contributed by atoms with Crippen molar-refractivity contribution in [2.24, 2.45) is 4.99 Å². The van der Waals surface area contributed by atoms with Gasteiger partial charge in [-0.2, -0.15) is 0 Å². The van der Waals surface area contributed by atoms with Gasteiger partial charge in [0.05, 0.1) is 16.7 Å². The molecule has 0 spiro atoms. The quantitative estimate of drug-likeness (QED) is 0.164. The van der Waals surface area contributed by atoms with E-state index >= 15 is 0 Å². The average Bonchev–Trinajstić information content (AvgIpc) is 3.78. The van der Waals surface area contributed by atoms with Crippen LogP contribution in [0.3, 0.4) is 0 Å². The van der Waals surface area contributed by atoms with E-state index in [1.165, 1.54) is 47.2 Å². The number of benzene rings is 7. The standard InChI is InChI=1S/C47H30N4S/c1-3-38-44(48-2)43(31-26-24-30(25-27-31)29-14-5-4-6-15-29)50-47(49-38)32-16-13-17-33(28-32)51-39-22-11-9-20-36(39)42-45(51)35-19-8-7-18-34(35)41-37-21-10-12-23-40(37)52-46(41)42/h3-28H,1-2H2. The van der Waals surface area contributed by atoms with Gasteiger partial charge in [0.25, 0.3) is 0 Å². The van der Waals surface area contributed by atoms with Gasteiger partial charge in [0, 0.05) is 53.1 Å². The molecule has 10 aromatic rings. The Balaban J connectivity index is 1.20. The van der Waals surface area contributed by atoms with Crippen LogP contribution in [-0.4, -0.2) is 21.3 Å². The van der Waals surface area contributed by atoms with E-state index in [2.05, 4.69) is 168 Å². The van der Waals surface area contributed by atoms with Crippen LogP contribution < -0.4 is 0 Å². The number of aliphatic imine (C=N–C) groups is 1. The van der Waals surface area contributed by atoms with Crippen LogP contribution in [-0.2, 0) is 0 Å². The zero-order valence-corrected chi connectivity index (χ0v) is 28.9. The molecule has 3 heterocycles. The van der Waals surface area contributed by atoms with Crippen molar-refractivity contribution in [1.82, 2.24) is 14.5 Å². The van der Waals surface area contributed by atoms with Crippen LogP contribution >= 0.6 is 11.3 Å². The molecule has 244 valence electrons. The Kier molecular flexibility index (Phi) is 6.95. The van der Waals surface area contributed by atoms with Crippen molar-refractivity contribution in [3.63, 3.8) is 0 Å². The predicted octanol–water partition coefficient (Wildman–Crippen LogP) is 13.1. The van der Waals surface area contributed by atoms with Gasteiger partial charge >= 0.3 is 0 Å². The number of aromatic nitrogens is 3. The van der Waals surface area contributed by atoms with E-state index in [0.717, 1.165) is 39.2 Å². The van der Waals surface area contributed by atoms with E-state index in [1.54, 1.807) is 6.08 Å². The maximum atomic E-state index is 5.16. The van der Waals surface area contributed by atoms with Crippen molar-refractivity contribution >= 4 is 82.6 Å². The van der Waals surface area contributed by atoms with Crippen LogP contribution in [0.2, 0.25) is 0 Å². The lowest BCUT2D eigenvalue weighted by molar-refractivity contribution is 1.14. The molecule has 4 nitrogen and oxygen atoms in total. The van der Waals surface area contributed by atoms with Gasteiger partial charge in [-0.25, -0.2) is 9.97 Å². The smallest absolute Gasteiger partial charge is 0.160 e. The monoisotopic (exact) mass is 682 g/mol. The van der Waals surface area contributed by atoms with Gasteiger partial charge in [-0.05, 0) is 53.6 Å². The van der Waals surface area contributed by atoms with Crippen LogP contribution in [0.4, 0.5) is 5.69 Å². The molecule has 0 unspecified atom stereocenters. The first-order valence-corrected chi connectivity index (χ1v) is 18.1. The molecular formula is C47H30N4S. The Labute approximate surface area is 304 Å². The summed E-state index contributed by atoms with van der Waals surface area (Å²) in [6.07, 6.45) is 1.73. The Bertz CT molecular complexity index is 3040. The Morgan fingerprint density at radius 3 is 2.02 bits per heavy atom. The lowest BCUT2D eigenvalue weighted by Crippen LogP contribution is -1.99. The second-order valence-corrected chi connectivity index (χ2v) is 14.0. The molecule has 0 bridgehead atoms. The summed E-state index contributed by atoms with van der Waals surface area (Å²) in [7, 11) is 0. The first-order chi connectivity index (χ1) is 25.7. The maximum Gasteiger partial charge on any atom is 0.160 e. The fourth-order valence-corrected chi connectivity index (χ4v) is 9.00. The lowest BCUT2D eigenvalue weighted by Gasteiger charge is -2.14. The van der Waals surface area contributed by atoms with Crippen LogP contribution in [0.15, 0.2) is 163 Å². The maximum absolute atomic E-state index is 5.16. The van der Waals surface area contributed by atoms with Crippen molar-refractivity contribution in [3.05, 3.63) is 164 Å². The van der Waals surface area contributed by atoms with Crippen molar-refractivity contribution in [1.29, 1.82) is 0 Å². The number of nitrogens with zero attached hydrogens (tertiary/aromatic N) is 4. The highest BCUT2D eigenvalue weighted by Crippen LogP contribution is 2.48. The molecule has 10 rings (SSSR count). The molecule has 0 saturated carbocycles. The van der Waals surface area contributed by atoms with E-state index in [-0.39, 0.29) is 0 Å².